The summed E-state index contributed by atoms with van der Waals surface area (Å²) in [5.41, 5.74) is 6.58. The highest BCUT2D eigenvalue weighted by Crippen LogP contribution is 2.36. The quantitative estimate of drug-likeness (QED) is 0.219. The number of hydrogen-bond donors (Lipinski definition) is 2. The van der Waals surface area contributed by atoms with E-state index in [1.807, 2.05) is 12.1 Å². The summed E-state index contributed by atoms with van der Waals surface area (Å²) in [6.45, 7) is 3.45. The summed E-state index contributed by atoms with van der Waals surface area (Å²) in [5.74, 6) is 3.84. The first kappa shape index (κ1) is 23.0. The van der Waals surface area contributed by atoms with Crippen LogP contribution >= 0.6 is 0 Å². The maximum absolute atomic E-state index is 13.6. The number of anilines is 2. The van der Waals surface area contributed by atoms with Crippen molar-refractivity contribution in [3.05, 3.63) is 120 Å². The molecular formula is C28H26F2N4. The Hall–Kier alpha value is -4.19. The molecule has 1 heterocycles. The number of hydrazone groups is 1. The Morgan fingerprint density at radius 3 is 2.06 bits per heavy atom. The van der Waals surface area contributed by atoms with E-state index in [1.54, 1.807) is 24.3 Å². The first-order valence-electron chi connectivity index (χ1n) is 11.0. The molecule has 4 aromatic rings. The molecular weight excluding hydrogens is 430 g/mol. The average Bonchev–Trinajstić information content (AvgIpc) is 3.02. The second-order valence-electron chi connectivity index (χ2n) is 7.98. The molecule has 0 radical (unpaired) electrons. The number of benzene rings is 4. The van der Waals surface area contributed by atoms with E-state index in [-0.39, 0.29) is 17.8 Å². The van der Waals surface area contributed by atoms with Gasteiger partial charge >= 0.3 is 0 Å². The van der Waals surface area contributed by atoms with Gasteiger partial charge in [-0.05, 0) is 59.2 Å². The third kappa shape index (κ3) is 5.23. The molecule has 1 aliphatic heterocycles. The van der Waals surface area contributed by atoms with Crippen LogP contribution in [0.4, 0.5) is 20.2 Å². The van der Waals surface area contributed by atoms with E-state index in [9.17, 15) is 8.78 Å². The summed E-state index contributed by atoms with van der Waals surface area (Å²) < 4.78 is 27.1. The van der Waals surface area contributed by atoms with Crippen molar-refractivity contribution in [1.29, 1.82) is 0 Å². The maximum Gasteiger partial charge on any atom is 0.123 e. The molecule has 0 fully saturated rings. The van der Waals surface area contributed by atoms with Gasteiger partial charge in [-0.25, -0.2) is 8.78 Å². The lowest BCUT2D eigenvalue weighted by atomic mass is 9.97. The van der Waals surface area contributed by atoms with Crippen LogP contribution in [-0.2, 0) is 13.0 Å². The molecule has 3 N–H and O–H groups in total. The Balaban J connectivity index is 0.000000868. The van der Waals surface area contributed by atoms with E-state index in [2.05, 4.69) is 64.3 Å². The molecule has 4 nitrogen and oxygen atoms in total. The van der Waals surface area contributed by atoms with Gasteiger partial charge in [0.2, 0.25) is 0 Å². The van der Waals surface area contributed by atoms with Crippen LogP contribution in [0.1, 0.15) is 11.1 Å². The van der Waals surface area contributed by atoms with Gasteiger partial charge in [0.05, 0.1) is 0 Å². The smallest absolute Gasteiger partial charge is 0.123 e. The molecule has 4 aromatic carbocycles. The number of fused-ring (bicyclic) bond motifs is 3. The molecule has 0 spiro atoms. The molecule has 5 rings (SSSR count). The van der Waals surface area contributed by atoms with Crippen LogP contribution in [0.5, 0.6) is 0 Å². The van der Waals surface area contributed by atoms with Crippen LogP contribution in [0.15, 0.2) is 102 Å². The van der Waals surface area contributed by atoms with E-state index in [0.29, 0.717) is 6.54 Å². The van der Waals surface area contributed by atoms with E-state index in [0.717, 1.165) is 23.4 Å². The van der Waals surface area contributed by atoms with Crippen molar-refractivity contribution in [3.8, 4) is 11.1 Å². The lowest BCUT2D eigenvalue weighted by molar-refractivity contribution is 0.618. The standard InChI is InChI=1S/C27H22F2N2.CH4N2/c28-21-11-9-19(10-12-21)18-31(23-15-13-22(29)14-16-23)27-17-20-5-1-2-6-24(20)25-7-3-4-8-26(25)30-27;1-3-2/h1-16,27,30H,17-18H2;1-2H2. The minimum absolute atomic E-state index is 0.0692. The highest BCUT2D eigenvalue weighted by molar-refractivity contribution is 5.81. The van der Waals surface area contributed by atoms with Crippen molar-refractivity contribution < 1.29 is 8.78 Å². The van der Waals surface area contributed by atoms with Crippen LogP contribution in [0.3, 0.4) is 0 Å². The fourth-order valence-corrected chi connectivity index (χ4v) is 4.23. The highest BCUT2D eigenvalue weighted by atomic mass is 19.1. The largest absolute Gasteiger partial charge is 0.364 e. The Kier molecular flexibility index (Phi) is 7.18. The van der Waals surface area contributed by atoms with Crippen LogP contribution < -0.4 is 16.1 Å². The average molecular weight is 457 g/mol. The molecule has 0 saturated heterocycles. The molecule has 0 bridgehead atoms. The van der Waals surface area contributed by atoms with Gasteiger partial charge < -0.3 is 16.1 Å². The predicted molar refractivity (Wildman–Crippen MR) is 136 cm³/mol. The van der Waals surface area contributed by atoms with Crippen molar-refractivity contribution >= 4 is 18.1 Å². The van der Waals surface area contributed by atoms with Crippen LogP contribution in [0.25, 0.3) is 11.1 Å². The Morgan fingerprint density at radius 2 is 1.38 bits per heavy atom. The minimum Gasteiger partial charge on any atom is -0.364 e. The lowest BCUT2D eigenvalue weighted by Crippen LogP contribution is -2.42. The molecule has 172 valence electrons. The Morgan fingerprint density at radius 1 is 0.824 bits per heavy atom. The highest BCUT2D eigenvalue weighted by Gasteiger charge is 2.25. The Labute approximate surface area is 198 Å². The van der Waals surface area contributed by atoms with Gasteiger partial charge in [-0.2, -0.15) is 5.10 Å². The number of nitrogens with two attached hydrogens (primary N) is 1. The first-order valence-corrected chi connectivity index (χ1v) is 11.0. The summed E-state index contributed by atoms with van der Waals surface area (Å²) >= 11 is 0. The second kappa shape index (κ2) is 10.6. The minimum atomic E-state index is -0.269. The van der Waals surface area contributed by atoms with Crippen LogP contribution in [0, 0.1) is 11.6 Å². The fraction of sp³-hybridized carbons (Fsp3) is 0.107. The third-order valence-electron chi connectivity index (χ3n) is 5.77. The van der Waals surface area contributed by atoms with Crippen molar-refractivity contribution in [2.75, 3.05) is 10.2 Å². The zero-order chi connectivity index (χ0) is 23.9. The summed E-state index contributed by atoms with van der Waals surface area (Å²) in [5, 5.41) is 6.46. The predicted octanol–water partition coefficient (Wildman–Crippen LogP) is 6.19. The third-order valence-corrected chi connectivity index (χ3v) is 5.77. The zero-order valence-corrected chi connectivity index (χ0v) is 18.7. The van der Waals surface area contributed by atoms with Gasteiger partial charge in [-0.1, -0.05) is 54.6 Å². The molecule has 1 unspecified atom stereocenters. The number of para-hydroxylation sites is 1. The second-order valence-corrected chi connectivity index (χ2v) is 7.98. The SMILES string of the molecule is C=NN.Fc1ccc(CN(c2ccc(F)cc2)C2Cc3ccccc3-c3ccccc3N2)cc1. The molecule has 0 saturated carbocycles. The van der Waals surface area contributed by atoms with Crippen molar-refractivity contribution in [2.24, 2.45) is 10.9 Å². The van der Waals surface area contributed by atoms with Gasteiger partial charge in [-0.3, -0.25) is 0 Å². The molecule has 6 heteroatoms. The summed E-state index contributed by atoms with van der Waals surface area (Å²) in [6, 6.07) is 29.8. The van der Waals surface area contributed by atoms with Crippen LogP contribution in [0.2, 0.25) is 0 Å². The zero-order valence-electron chi connectivity index (χ0n) is 18.7. The Bertz CT molecular complexity index is 1190. The summed E-state index contributed by atoms with van der Waals surface area (Å²) in [6.07, 6.45) is 0.698. The van der Waals surface area contributed by atoms with Crippen molar-refractivity contribution in [2.45, 2.75) is 19.1 Å². The monoisotopic (exact) mass is 456 g/mol. The number of hydrogen-bond acceptors (Lipinski definition) is 4. The van der Waals surface area contributed by atoms with Gasteiger partial charge in [0, 0.05) is 36.6 Å². The van der Waals surface area contributed by atoms with E-state index in [4.69, 9.17) is 0 Å². The number of nitrogens with zero attached hydrogens (tertiary/aromatic N) is 2. The van der Waals surface area contributed by atoms with Gasteiger partial charge in [0.1, 0.15) is 17.8 Å². The molecule has 0 amide bonds. The molecule has 1 atom stereocenters. The number of nitrogens with one attached hydrogen (secondary N) is 1. The molecule has 0 aromatic heterocycles. The van der Waals surface area contributed by atoms with Gasteiger partial charge in [0.15, 0.2) is 0 Å². The molecule has 34 heavy (non-hydrogen) atoms. The topological polar surface area (TPSA) is 53.6 Å². The first-order chi connectivity index (χ1) is 16.6. The number of halogens is 2. The van der Waals surface area contributed by atoms with E-state index < -0.39 is 0 Å². The summed E-state index contributed by atoms with van der Waals surface area (Å²) in [4.78, 5) is 2.21. The summed E-state index contributed by atoms with van der Waals surface area (Å²) in [7, 11) is 0. The molecule has 1 aliphatic rings. The molecule has 0 aliphatic carbocycles. The lowest BCUT2D eigenvalue weighted by Gasteiger charge is -2.34. The maximum atomic E-state index is 13.6. The van der Waals surface area contributed by atoms with Crippen LogP contribution in [-0.4, -0.2) is 12.9 Å². The van der Waals surface area contributed by atoms with Gasteiger partial charge in [0.25, 0.3) is 0 Å². The number of rotatable bonds is 4. The van der Waals surface area contributed by atoms with Gasteiger partial charge in [-0.15, -0.1) is 0 Å². The van der Waals surface area contributed by atoms with E-state index in [1.165, 1.54) is 41.0 Å². The normalized spacial score (nSPS) is 13.8. The van der Waals surface area contributed by atoms with E-state index >= 15 is 0 Å². The van der Waals surface area contributed by atoms with Crippen molar-refractivity contribution in [3.63, 3.8) is 0 Å². The fourth-order valence-electron chi connectivity index (χ4n) is 4.23. The van der Waals surface area contributed by atoms with Crippen molar-refractivity contribution in [1.82, 2.24) is 0 Å².